The number of sulfone groups is 1. The van der Waals surface area contributed by atoms with Gasteiger partial charge in [-0.1, -0.05) is 11.8 Å². The number of carbonyl (C=O) groups is 1. The van der Waals surface area contributed by atoms with E-state index in [0.717, 1.165) is 17.2 Å². The maximum absolute atomic E-state index is 13.1. The van der Waals surface area contributed by atoms with Gasteiger partial charge >= 0.3 is 6.18 Å². The zero-order chi connectivity index (χ0) is 27.9. The molecule has 9 nitrogen and oxygen atoms in total. The number of benzene rings is 2. The first kappa shape index (κ1) is 28.8. The lowest BCUT2D eigenvalue weighted by Crippen LogP contribution is -2.27. The highest BCUT2D eigenvalue weighted by molar-refractivity contribution is 7.90. The van der Waals surface area contributed by atoms with Crippen molar-refractivity contribution in [3.05, 3.63) is 47.8 Å². The highest BCUT2D eigenvalue weighted by atomic mass is 32.2. The summed E-state index contributed by atoms with van der Waals surface area (Å²) in [5.74, 6) is 5.66. The molecule has 0 unspecified atom stereocenters. The Morgan fingerprint density at radius 1 is 1.18 bits per heavy atom. The summed E-state index contributed by atoms with van der Waals surface area (Å²) in [6, 6.07) is 7.30. The molecule has 0 saturated carbocycles. The van der Waals surface area contributed by atoms with Gasteiger partial charge in [0, 0.05) is 18.4 Å². The van der Waals surface area contributed by atoms with Crippen molar-refractivity contribution in [2.45, 2.75) is 24.0 Å². The van der Waals surface area contributed by atoms with Gasteiger partial charge in [-0.25, -0.2) is 13.4 Å². The lowest BCUT2D eigenvalue weighted by atomic mass is 10.1. The highest BCUT2D eigenvalue weighted by Gasteiger charge is 2.29. The smallest absolute Gasteiger partial charge is 0.406 e. The fourth-order valence-corrected chi connectivity index (χ4v) is 4.28. The Labute approximate surface area is 218 Å². The van der Waals surface area contributed by atoms with E-state index in [1.165, 1.54) is 37.4 Å². The summed E-state index contributed by atoms with van der Waals surface area (Å²) in [6.07, 6.45) is -1.67. The van der Waals surface area contributed by atoms with Crippen molar-refractivity contribution in [1.82, 2.24) is 20.2 Å². The average Bonchev–Trinajstić information content (AvgIpc) is 3.24. The summed E-state index contributed by atoms with van der Waals surface area (Å²) in [6.45, 7) is -0.137. The van der Waals surface area contributed by atoms with Crippen LogP contribution in [-0.4, -0.2) is 70.1 Å². The zero-order valence-corrected chi connectivity index (χ0v) is 21.9. The van der Waals surface area contributed by atoms with Crippen LogP contribution in [0.25, 0.3) is 11.0 Å². The second kappa shape index (κ2) is 12.2. The van der Waals surface area contributed by atoms with E-state index in [-0.39, 0.29) is 28.0 Å². The Hall–Kier alpha value is -3.76. The van der Waals surface area contributed by atoms with Gasteiger partial charge in [-0.2, -0.15) is 13.2 Å². The number of methoxy groups -OCH3 is 1. The van der Waals surface area contributed by atoms with Gasteiger partial charge in [0.25, 0.3) is 5.91 Å². The van der Waals surface area contributed by atoms with E-state index in [1.807, 2.05) is 0 Å². The maximum Gasteiger partial charge on any atom is 0.406 e. The van der Waals surface area contributed by atoms with Crippen LogP contribution in [-0.2, 0) is 16.4 Å². The van der Waals surface area contributed by atoms with Crippen LogP contribution in [0.2, 0.25) is 0 Å². The molecule has 13 heteroatoms. The Balaban J connectivity index is 1.90. The molecule has 0 aliphatic rings. The lowest BCUT2D eigenvalue weighted by Gasteiger charge is -2.11. The molecule has 0 aliphatic carbocycles. The number of halogens is 3. The maximum atomic E-state index is 13.1. The molecule has 204 valence electrons. The number of carbonyl (C=O) groups excluding carboxylic acids is 1. The lowest BCUT2D eigenvalue weighted by molar-refractivity contribution is -0.139. The molecule has 38 heavy (non-hydrogen) atoms. The monoisotopic (exact) mass is 551 g/mol. The molecule has 3 aromatic rings. The predicted molar refractivity (Wildman–Crippen MR) is 138 cm³/mol. The van der Waals surface area contributed by atoms with Gasteiger partial charge in [-0.15, -0.1) is 0 Å². The van der Waals surface area contributed by atoms with Crippen LogP contribution in [0.1, 0.15) is 22.3 Å². The molecule has 1 heterocycles. The summed E-state index contributed by atoms with van der Waals surface area (Å²) < 4.78 is 69.2. The molecule has 2 aromatic carbocycles. The molecule has 0 fully saturated rings. The van der Waals surface area contributed by atoms with E-state index in [4.69, 9.17) is 4.74 Å². The molecule has 3 rings (SSSR count). The van der Waals surface area contributed by atoms with Crippen molar-refractivity contribution >= 4 is 32.5 Å². The standard InChI is InChI=1S/C25H28F3N5O4S/c1-29-9-5-11-31-24(34)19-12-17(13-21-23(19)32-16-33(21)15-25(26,27)28)6-4-10-30-20-14-18(38(3,35)36)7-8-22(20)37-2/h7-8,12-14,16,29-30H,5,9-11,15H2,1-3H3,(H,31,34). The van der Waals surface area contributed by atoms with Crippen LogP contribution in [0, 0.1) is 11.8 Å². The van der Waals surface area contributed by atoms with E-state index >= 15 is 0 Å². The van der Waals surface area contributed by atoms with E-state index < -0.39 is 28.5 Å². The summed E-state index contributed by atoms with van der Waals surface area (Å²) >= 11 is 0. The Bertz CT molecular complexity index is 1470. The molecule has 0 atom stereocenters. The Morgan fingerprint density at radius 3 is 2.61 bits per heavy atom. The molecule has 1 amide bonds. The largest absolute Gasteiger partial charge is 0.495 e. The van der Waals surface area contributed by atoms with Gasteiger partial charge in [0.05, 0.1) is 41.6 Å². The zero-order valence-electron chi connectivity index (χ0n) is 21.1. The van der Waals surface area contributed by atoms with Crippen molar-refractivity contribution in [2.75, 3.05) is 45.4 Å². The molecule has 0 saturated heterocycles. The molecule has 1 aromatic heterocycles. The van der Waals surface area contributed by atoms with Crippen molar-refractivity contribution in [2.24, 2.45) is 0 Å². The summed E-state index contributed by atoms with van der Waals surface area (Å²) in [5, 5.41) is 8.71. The third kappa shape index (κ3) is 7.62. The summed E-state index contributed by atoms with van der Waals surface area (Å²) in [7, 11) is -0.213. The van der Waals surface area contributed by atoms with Crippen LogP contribution >= 0.6 is 0 Å². The fourth-order valence-electron chi connectivity index (χ4n) is 3.63. The van der Waals surface area contributed by atoms with Crippen molar-refractivity contribution in [1.29, 1.82) is 0 Å². The number of ether oxygens (including phenoxy) is 1. The second-order valence-corrected chi connectivity index (χ2v) is 10.4. The van der Waals surface area contributed by atoms with Crippen molar-refractivity contribution < 1.29 is 31.1 Å². The van der Waals surface area contributed by atoms with Gasteiger partial charge in [0.2, 0.25) is 0 Å². The van der Waals surface area contributed by atoms with Crippen LogP contribution in [0.3, 0.4) is 0 Å². The third-order valence-electron chi connectivity index (χ3n) is 5.41. The van der Waals surface area contributed by atoms with Gasteiger partial charge in [-0.3, -0.25) is 4.79 Å². The highest BCUT2D eigenvalue weighted by Crippen LogP contribution is 2.27. The van der Waals surface area contributed by atoms with E-state index in [2.05, 4.69) is 32.8 Å². The second-order valence-electron chi connectivity index (χ2n) is 8.38. The fraction of sp³-hybridized carbons (Fsp3) is 0.360. The molecule has 0 aliphatic heterocycles. The van der Waals surface area contributed by atoms with Crippen LogP contribution in [0.4, 0.5) is 18.9 Å². The number of hydrogen-bond donors (Lipinski definition) is 3. The summed E-state index contributed by atoms with van der Waals surface area (Å²) in [4.78, 5) is 17.0. The quantitative estimate of drug-likeness (QED) is 0.262. The van der Waals surface area contributed by atoms with Gasteiger partial charge in [-0.05, 0) is 50.3 Å². The SMILES string of the molecule is CNCCCNC(=O)c1cc(C#CCNc2cc(S(C)(=O)=O)ccc2OC)cc2c1ncn2CC(F)(F)F. The predicted octanol–water partition coefficient (Wildman–Crippen LogP) is 2.81. The van der Waals surface area contributed by atoms with Crippen LogP contribution in [0.15, 0.2) is 41.6 Å². The normalized spacial score (nSPS) is 11.6. The molecule has 0 radical (unpaired) electrons. The van der Waals surface area contributed by atoms with Gasteiger partial charge in [0.1, 0.15) is 17.8 Å². The first-order chi connectivity index (χ1) is 17.9. The first-order valence-corrected chi connectivity index (χ1v) is 13.4. The van der Waals surface area contributed by atoms with Crippen molar-refractivity contribution in [3.8, 4) is 17.6 Å². The Morgan fingerprint density at radius 2 is 1.95 bits per heavy atom. The number of nitrogens with zero attached hydrogens (tertiary/aromatic N) is 2. The molecule has 0 spiro atoms. The first-order valence-electron chi connectivity index (χ1n) is 11.5. The molecule has 0 bridgehead atoms. The number of amides is 1. The molecule has 3 N–H and O–H groups in total. The van der Waals surface area contributed by atoms with E-state index in [0.29, 0.717) is 36.5 Å². The number of fused-ring (bicyclic) bond motifs is 1. The number of hydrogen-bond acceptors (Lipinski definition) is 7. The van der Waals surface area contributed by atoms with E-state index in [9.17, 15) is 26.4 Å². The minimum atomic E-state index is -4.48. The minimum Gasteiger partial charge on any atom is -0.495 e. The molecular formula is C25H28F3N5O4S. The van der Waals surface area contributed by atoms with Crippen LogP contribution in [0.5, 0.6) is 5.75 Å². The average molecular weight is 552 g/mol. The Kier molecular flexibility index (Phi) is 9.24. The van der Waals surface area contributed by atoms with Gasteiger partial charge < -0.3 is 25.3 Å². The van der Waals surface area contributed by atoms with Gasteiger partial charge in [0.15, 0.2) is 9.84 Å². The summed E-state index contributed by atoms with van der Waals surface area (Å²) in [5.41, 5.74) is 1.12. The topological polar surface area (TPSA) is 114 Å². The van der Waals surface area contributed by atoms with Crippen LogP contribution < -0.4 is 20.7 Å². The minimum absolute atomic E-state index is 0.0645. The number of anilines is 1. The third-order valence-corrected chi connectivity index (χ3v) is 6.52. The number of imidazole rings is 1. The van der Waals surface area contributed by atoms with E-state index in [1.54, 1.807) is 7.05 Å². The number of alkyl halides is 3. The number of aromatic nitrogens is 2. The number of rotatable bonds is 10. The van der Waals surface area contributed by atoms with Crippen molar-refractivity contribution in [3.63, 3.8) is 0 Å². The number of nitrogens with one attached hydrogen (secondary N) is 3. The molecular weight excluding hydrogens is 523 g/mol.